The molecule has 0 aromatic heterocycles. The predicted molar refractivity (Wildman–Crippen MR) is 73.6 cm³/mol. The van der Waals surface area contributed by atoms with Gasteiger partial charge in [0.05, 0.1) is 12.7 Å². The summed E-state index contributed by atoms with van der Waals surface area (Å²) in [6.07, 6.45) is 2.32. The van der Waals surface area contributed by atoms with Gasteiger partial charge in [0.15, 0.2) is 6.29 Å². The number of carbonyl (C=O) groups excluding carboxylic acids is 1. The van der Waals surface area contributed by atoms with Crippen molar-refractivity contribution in [3.63, 3.8) is 0 Å². The standard InChI is InChI=1S/C16H22O3/c1-3-13-11-18-16(14-7-5-4-6-8-14)19-15(13)12(2)9-10-17/h4-8,10,12-13,15-16H,3,9,11H2,1-2H3/t12-,13+,15-,16+/m1/s1. The monoisotopic (exact) mass is 262 g/mol. The second kappa shape index (κ2) is 6.83. The highest BCUT2D eigenvalue weighted by Gasteiger charge is 2.34. The van der Waals surface area contributed by atoms with E-state index < -0.39 is 0 Å². The summed E-state index contributed by atoms with van der Waals surface area (Å²) in [5.41, 5.74) is 1.04. The van der Waals surface area contributed by atoms with Crippen LogP contribution in [-0.4, -0.2) is 19.0 Å². The average molecular weight is 262 g/mol. The Morgan fingerprint density at radius 1 is 1.37 bits per heavy atom. The van der Waals surface area contributed by atoms with Crippen molar-refractivity contribution >= 4 is 6.29 Å². The summed E-state index contributed by atoms with van der Waals surface area (Å²) in [5.74, 6) is 0.604. The lowest BCUT2D eigenvalue weighted by Crippen LogP contribution is -2.40. The SMILES string of the molecule is CC[C@H]1CO[C@H](c2ccccc2)O[C@@H]1[C@H](C)CC=O. The minimum atomic E-state index is -0.303. The van der Waals surface area contributed by atoms with Crippen LogP contribution in [0.25, 0.3) is 0 Å². The zero-order chi connectivity index (χ0) is 13.7. The topological polar surface area (TPSA) is 35.5 Å². The van der Waals surface area contributed by atoms with Gasteiger partial charge in [-0.15, -0.1) is 0 Å². The fourth-order valence-corrected chi connectivity index (χ4v) is 2.62. The molecule has 0 radical (unpaired) electrons. The fraction of sp³-hybridized carbons (Fsp3) is 0.562. The van der Waals surface area contributed by atoms with Gasteiger partial charge in [-0.2, -0.15) is 0 Å². The van der Waals surface area contributed by atoms with E-state index in [1.165, 1.54) is 0 Å². The Bertz CT molecular complexity index is 390. The van der Waals surface area contributed by atoms with Crippen LogP contribution in [0.2, 0.25) is 0 Å². The minimum Gasteiger partial charge on any atom is -0.348 e. The Balaban J connectivity index is 2.09. The highest BCUT2D eigenvalue weighted by atomic mass is 16.7. The summed E-state index contributed by atoms with van der Waals surface area (Å²) in [6.45, 7) is 4.92. The number of carbonyl (C=O) groups is 1. The van der Waals surface area contributed by atoms with Crippen molar-refractivity contribution in [1.82, 2.24) is 0 Å². The van der Waals surface area contributed by atoms with Gasteiger partial charge in [0.1, 0.15) is 6.29 Å². The number of hydrogen-bond donors (Lipinski definition) is 0. The molecule has 19 heavy (non-hydrogen) atoms. The third-order valence-electron chi connectivity index (χ3n) is 3.83. The lowest BCUT2D eigenvalue weighted by molar-refractivity contribution is -0.252. The van der Waals surface area contributed by atoms with Crippen molar-refractivity contribution in [2.45, 2.75) is 39.1 Å². The van der Waals surface area contributed by atoms with E-state index in [4.69, 9.17) is 9.47 Å². The van der Waals surface area contributed by atoms with E-state index in [2.05, 4.69) is 13.8 Å². The Labute approximate surface area is 114 Å². The highest BCUT2D eigenvalue weighted by Crippen LogP contribution is 2.34. The van der Waals surface area contributed by atoms with Crippen LogP contribution in [0, 0.1) is 11.8 Å². The van der Waals surface area contributed by atoms with Gasteiger partial charge in [-0.25, -0.2) is 0 Å². The molecule has 2 rings (SSSR count). The number of benzene rings is 1. The maximum Gasteiger partial charge on any atom is 0.184 e. The Hall–Kier alpha value is -1.19. The predicted octanol–water partition coefficient (Wildman–Crippen LogP) is 3.35. The van der Waals surface area contributed by atoms with Crippen LogP contribution in [-0.2, 0) is 14.3 Å². The summed E-state index contributed by atoms with van der Waals surface area (Å²) >= 11 is 0. The molecule has 0 unspecified atom stereocenters. The lowest BCUT2D eigenvalue weighted by Gasteiger charge is -2.39. The van der Waals surface area contributed by atoms with Crippen molar-refractivity contribution in [2.24, 2.45) is 11.8 Å². The molecule has 1 heterocycles. The van der Waals surface area contributed by atoms with Gasteiger partial charge in [0, 0.05) is 17.9 Å². The molecule has 0 aliphatic carbocycles. The fourth-order valence-electron chi connectivity index (χ4n) is 2.62. The number of aldehydes is 1. The largest absolute Gasteiger partial charge is 0.348 e. The molecular formula is C16H22O3. The molecule has 0 amide bonds. The first kappa shape index (κ1) is 14.2. The summed E-state index contributed by atoms with van der Waals surface area (Å²) in [6, 6.07) is 9.97. The Morgan fingerprint density at radius 2 is 2.11 bits per heavy atom. The van der Waals surface area contributed by atoms with E-state index in [0.717, 1.165) is 18.3 Å². The molecule has 104 valence electrons. The first-order valence-electron chi connectivity index (χ1n) is 7.01. The van der Waals surface area contributed by atoms with Crippen LogP contribution in [0.15, 0.2) is 30.3 Å². The van der Waals surface area contributed by atoms with Crippen LogP contribution < -0.4 is 0 Å². The third kappa shape index (κ3) is 3.43. The maximum atomic E-state index is 10.7. The molecule has 0 N–H and O–H groups in total. The normalized spacial score (nSPS) is 28.8. The minimum absolute atomic E-state index is 0.0918. The van der Waals surface area contributed by atoms with Gasteiger partial charge in [0.2, 0.25) is 0 Å². The van der Waals surface area contributed by atoms with Gasteiger partial charge in [-0.05, 0) is 12.3 Å². The van der Waals surface area contributed by atoms with Crippen LogP contribution >= 0.6 is 0 Å². The van der Waals surface area contributed by atoms with Gasteiger partial charge in [-0.3, -0.25) is 0 Å². The van der Waals surface area contributed by atoms with E-state index in [1.54, 1.807) is 0 Å². The van der Waals surface area contributed by atoms with E-state index in [0.29, 0.717) is 18.9 Å². The maximum absolute atomic E-state index is 10.7. The molecule has 1 aromatic carbocycles. The molecule has 1 fully saturated rings. The molecule has 3 heteroatoms. The van der Waals surface area contributed by atoms with Gasteiger partial charge >= 0.3 is 0 Å². The summed E-state index contributed by atoms with van der Waals surface area (Å²) in [7, 11) is 0. The van der Waals surface area contributed by atoms with Crippen molar-refractivity contribution in [2.75, 3.05) is 6.61 Å². The van der Waals surface area contributed by atoms with Gasteiger partial charge in [0.25, 0.3) is 0 Å². The molecule has 1 saturated heterocycles. The van der Waals surface area contributed by atoms with Crippen molar-refractivity contribution in [1.29, 1.82) is 0 Å². The van der Waals surface area contributed by atoms with E-state index >= 15 is 0 Å². The Kier molecular flexibility index (Phi) is 5.11. The number of ether oxygens (including phenoxy) is 2. The molecular weight excluding hydrogens is 240 g/mol. The summed E-state index contributed by atoms with van der Waals surface area (Å²) in [4.78, 5) is 10.7. The number of rotatable bonds is 5. The first-order chi connectivity index (χ1) is 9.26. The summed E-state index contributed by atoms with van der Waals surface area (Å²) < 4.78 is 11.9. The lowest BCUT2D eigenvalue weighted by atomic mass is 9.88. The third-order valence-corrected chi connectivity index (χ3v) is 3.83. The smallest absolute Gasteiger partial charge is 0.184 e. The van der Waals surface area contributed by atoms with Gasteiger partial charge in [-0.1, -0.05) is 44.2 Å². The molecule has 1 aliphatic rings. The second-order valence-corrected chi connectivity index (χ2v) is 5.22. The zero-order valence-electron chi connectivity index (χ0n) is 11.6. The molecule has 0 spiro atoms. The van der Waals surface area contributed by atoms with Crippen molar-refractivity contribution in [3.05, 3.63) is 35.9 Å². The molecule has 0 saturated carbocycles. The highest BCUT2D eigenvalue weighted by molar-refractivity contribution is 5.49. The zero-order valence-corrected chi connectivity index (χ0v) is 11.6. The molecule has 3 nitrogen and oxygen atoms in total. The van der Waals surface area contributed by atoms with E-state index in [-0.39, 0.29) is 18.3 Å². The van der Waals surface area contributed by atoms with Crippen LogP contribution in [0.3, 0.4) is 0 Å². The summed E-state index contributed by atoms with van der Waals surface area (Å²) in [5, 5.41) is 0. The first-order valence-corrected chi connectivity index (χ1v) is 7.01. The van der Waals surface area contributed by atoms with Crippen LogP contribution in [0.5, 0.6) is 0 Å². The molecule has 1 aliphatic heterocycles. The van der Waals surface area contributed by atoms with E-state index in [9.17, 15) is 4.79 Å². The van der Waals surface area contributed by atoms with Crippen LogP contribution in [0.1, 0.15) is 38.5 Å². The van der Waals surface area contributed by atoms with E-state index in [1.807, 2.05) is 30.3 Å². The average Bonchev–Trinajstić information content (AvgIpc) is 2.47. The van der Waals surface area contributed by atoms with Gasteiger partial charge < -0.3 is 14.3 Å². The molecule has 0 bridgehead atoms. The number of hydrogen-bond acceptors (Lipinski definition) is 3. The quantitative estimate of drug-likeness (QED) is 0.763. The Morgan fingerprint density at radius 3 is 2.74 bits per heavy atom. The van der Waals surface area contributed by atoms with Crippen molar-refractivity contribution in [3.8, 4) is 0 Å². The molecule has 4 atom stereocenters. The second-order valence-electron chi connectivity index (χ2n) is 5.22. The van der Waals surface area contributed by atoms with Crippen LogP contribution in [0.4, 0.5) is 0 Å². The molecule has 1 aromatic rings. The van der Waals surface area contributed by atoms with Crippen molar-refractivity contribution < 1.29 is 14.3 Å².